The number of hydrogen-bond acceptors (Lipinski definition) is 2. The Hall–Kier alpha value is 0.530. The summed E-state index contributed by atoms with van der Waals surface area (Å²) in [6, 6.07) is 0. The van der Waals surface area contributed by atoms with Gasteiger partial charge < -0.3 is 28.5 Å². The smallest absolute Gasteiger partial charge is 0.246 e. The van der Waals surface area contributed by atoms with Crippen LogP contribution in [0.4, 0.5) is 4.39 Å². The molecule has 0 aliphatic carbocycles. The number of nitrogens with zero attached hydrogens (tertiary/aromatic N) is 1. The lowest BCUT2D eigenvalue weighted by molar-refractivity contribution is -0.870. The Morgan fingerprint density at radius 2 is 0.895 bits per heavy atom. The third-order valence-corrected chi connectivity index (χ3v) is 9.54. The molecule has 0 saturated heterocycles. The van der Waals surface area contributed by atoms with Gasteiger partial charge in [0, 0.05) is 13.0 Å². The molecule has 1 N–H and O–H groups in total. The van der Waals surface area contributed by atoms with Gasteiger partial charge in [-0.15, -0.1) is 0 Å². The number of unbranched alkanes of at least 4 members (excludes halogenated alkanes) is 18. The van der Waals surface area contributed by atoms with Crippen molar-refractivity contribution in [2.45, 2.75) is 167 Å². The highest BCUT2D eigenvalue weighted by molar-refractivity contribution is 7.90. The summed E-state index contributed by atoms with van der Waals surface area (Å²) >= 11 is 0. The SMILES string of the molecule is CCCCCCCCCCCCCCCCCC(F)(CCCCCCC)S(=O)(=O)NCCC[N+](C)(C)C.[I-]. The van der Waals surface area contributed by atoms with Gasteiger partial charge in [-0.05, 0) is 25.7 Å². The van der Waals surface area contributed by atoms with E-state index in [1.807, 2.05) is 0 Å². The van der Waals surface area contributed by atoms with Crippen molar-refractivity contribution >= 4 is 10.0 Å². The zero-order valence-electron chi connectivity index (χ0n) is 26.1. The lowest BCUT2D eigenvalue weighted by Crippen LogP contribution is -3.00. The number of nitrogens with one attached hydrogen (secondary N) is 1. The first-order chi connectivity index (χ1) is 17.6. The van der Waals surface area contributed by atoms with Crippen molar-refractivity contribution in [2.24, 2.45) is 0 Å². The highest BCUT2D eigenvalue weighted by atomic mass is 127. The van der Waals surface area contributed by atoms with Crippen LogP contribution in [0, 0.1) is 0 Å². The van der Waals surface area contributed by atoms with Gasteiger partial charge in [-0.25, -0.2) is 17.5 Å². The molecule has 0 aromatic rings. The van der Waals surface area contributed by atoms with E-state index in [9.17, 15) is 8.42 Å². The molecule has 0 radical (unpaired) electrons. The Labute approximate surface area is 255 Å². The van der Waals surface area contributed by atoms with Crippen LogP contribution >= 0.6 is 0 Å². The van der Waals surface area contributed by atoms with Crippen molar-refractivity contribution in [1.82, 2.24) is 4.72 Å². The summed E-state index contributed by atoms with van der Waals surface area (Å²) in [5, 5.41) is -2.13. The van der Waals surface area contributed by atoms with Crippen molar-refractivity contribution in [2.75, 3.05) is 34.2 Å². The van der Waals surface area contributed by atoms with E-state index in [1.54, 1.807) is 0 Å². The van der Waals surface area contributed by atoms with Gasteiger partial charge in [0.1, 0.15) is 0 Å². The van der Waals surface area contributed by atoms with E-state index in [-0.39, 0.29) is 36.8 Å². The normalized spacial score (nSPS) is 13.8. The molecule has 38 heavy (non-hydrogen) atoms. The fraction of sp³-hybridized carbons (Fsp3) is 1.00. The number of alkyl halides is 1. The molecule has 1 atom stereocenters. The van der Waals surface area contributed by atoms with Crippen molar-refractivity contribution in [1.29, 1.82) is 0 Å². The minimum Gasteiger partial charge on any atom is -1.00 e. The Morgan fingerprint density at radius 1 is 0.579 bits per heavy atom. The second-order valence-electron chi connectivity index (χ2n) is 12.5. The van der Waals surface area contributed by atoms with E-state index in [0.29, 0.717) is 25.8 Å². The van der Waals surface area contributed by atoms with E-state index < -0.39 is 15.0 Å². The van der Waals surface area contributed by atoms with Gasteiger partial charge in [-0.3, -0.25) is 0 Å². The van der Waals surface area contributed by atoms with E-state index in [2.05, 4.69) is 39.7 Å². The van der Waals surface area contributed by atoms with Crippen LogP contribution in [-0.4, -0.2) is 52.1 Å². The third kappa shape index (κ3) is 23.3. The highest BCUT2D eigenvalue weighted by Gasteiger charge is 2.42. The van der Waals surface area contributed by atoms with Crippen molar-refractivity contribution in [3.63, 3.8) is 0 Å². The maximum Gasteiger partial charge on any atom is 0.246 e. The minimum absolute atomic E-state index is 0. The maximum atomic E-state index is 16.0. The minimum atomic E-state index is -3.98. The average Bonchev–Trinajstić information content (AvgIpc) is 2.83. The van der Waals surface area contributed by atoms with Gasteiger partial charge in [-0.2, -0.15) is 0 Å². The van der Waals surface area contributed by atoms with Crippen molar-refractivity contribution < 1.29 is 41.3 Å². The maximum absolute atomic E-state index is 16.0. The second-order valence-corrected chi connectivity index (χ2v) is 14.5. The summed E-state index contributed by atoms with van der Waals surface area (Å²) in [6.45, 7) is 5.60. The Balaban J connectivity index is 0. The predicted octanol–water partition coefficient (Wildman–Crippen LogP) is 6.29. The van der Waals surface area contributed by atoms with Gasteiger partial charge in [0.2, 0.25) is 15.0 Å². The van der Waals surface area contributed by atoms with Crippen molar-refractivity contribution in [3.05, 3.63) is 0 Å². The predicted molar refractivity (Wildman–Crippen MR) is 161 cm³/mol. The standard InChI is InChI=1S/C31H66FN2O2S.HI/c1-6-8-10-12-13-14-15-16-17-18-19-20-21-23-25-28-31(32,27-24-22-11-9-7-2)37(35,36)33-29-26-30-34(3,4)5;/h33H,6-30H2,1-5H3;1H/q+1;/p-1. The van der Waals surface area contributed by atoms with Gasteiger partial charge in [-0.1, -0.05) is 129 Å². The average molecular weight is 677 g/mol. The van der Waals surface area contributed by atoms with Crippen LogP contribution in [0.2, 0.25) is 0 Å². The fourth-order valence-electron chi connectivity index (χ4n) is 5.04. The molecule has 7 heteroatoms. The van der Waals surface area contributed by atoms with Crippen LogP contribution in [0.5, 0.6) is 0 Å². The summed E-state index contributed by atoms with van der Waals surface area (Å²) < 4.78 is 45.3. The van der Waals surface area contributed by atoms with E-state index in [1.165, 1.54) is 77.0 Å². The summed E-state index contributed by atoms with van der Waals surface area (Å²) in [7, 11) is 2.28. The molecule has 0 amide bonds. The van der Waals surface area contributed by atoms with E-state index in [0.717, 1.165) is 49.6 Å². The zero-order valence-corrected chi connectivity index (χ0v) is 29.1. The Morgan fingerprint density at radius 3 is 1.21 bits per heavy atom. The number of rotatable bonds is 28. The number of hydrogen-bond donors (Lipinski definition) is 1. The van der Waals surface area contributed by atoms with Gasteiger partial charge >= 0.3 is 0 Å². The molecule has 1 unspecified atom stereocenters. The third-order valence-electron chi connectivity index (χ3n) is 7.59. The van der Waals surface area contributed by atoms with E-state index >= 15 is 4.39 Å². The molecule has 0 fully saturated rings. The highest BCUT2D eigenvalue weighted by Crippen LogP contribution is 2.32. The molecule has 0 aromatic heterocycles. The molecule has 0 aliphatic heterocycles. The fourth-order valence-corrected chi connectivity index (χ4v) is 6.53. The number of quaternary nitrogens is 1. The molecule has 4 nitrogen and oxygen atoms in total. The quantitative estimate of drug-likeness (QED) is 0.0602. The number of sulfonamides is 1. The van der Waals surface area contributed by atoms with Gasteiger partial charge in [0.15, 0.2) is 0 Å². The van der Waals surface area contributed by atoms with Crippen molar-refractivity contribution in [3.8, 4) is 0 Å². The molecule has 0 heterocycles. The summed E-state index contributed by atoms with van der Waals surface area (Å²) in [6.07, 6.45) is 24.6. The van der Waals surface area contributed by atoms with Gasteiger partial charge in [0.05, 0.1) is 27.7 Å². The first-order valence-electron chi connectivity index (χ1n) is 16.1. The largest absolute Gasteiger partial charge is 1.00 e. The summed E-state index contributed by atoms with van der Waals surface area (Å²) in [4.78, 5) is 0. The lowest BCUT2D eigenvalue weighted by atomic mass is 10.0. The summed E-state index contributed by atoms with van der Waals surface area (Å²) in [5.41, 5.74) is 0. The monoisotopic (exact) mass is 676 g/mol. The topological polar surface area (TPSA) is 46.2 Å². The molecule has 0 rings (SSSR count). The zero-order chi connectivity index (χ0) is 27.9. The molecule has 0 aliphatic rings. The Bertz CT molecular complexity index is 613. The first kappa shape index (κ1) is 40.7. The van der Waals surface area contributed by atoms with Gasteiger partial charge in [0.25, 0.3) is 0 Å². The van der Waals surface area contributed by atoms with Crippen LogP contribution < -0.4 is 28.7 Å². The van der Waals surface area contributed by atoms with Crippen LogP contribution in [0.15, 0.2) is 0 Å². The van der Waals surface area contributed by atoms with Crippen LogP contribution in [0.25, 0.3) is 0 Å². The molecule has 0 aromatic carbocycles. The molecule has 0 bridgehead atoms. The van der Waals surface area contributed by atoms with E-state index in [4.69, 9.17) is 0 Å². The second kappa shape index (κ2) is 25.3. The Kier molecular flexibility index (Phi) is 27.0. The van der Waals surface area contributed by atoms with Crippen LogP contribution in [0.3, 0.4) is 0 Å². The molecule has 0 saturated carbocycles. The summed E-state index contributed by atoms with van der Waals surface area (Å²) in [5.74, 6) is 0. The molecule has 232 valence electrons. The molecular formula is C31H66FIN2O2S. The lowest BCUT2D eigenvalue weighted by Gasteiger charge is -2.27. The van der Waals surface area contributed by atoms with Crippen LogP contribution in [0.1, 0.15) is 162 Å². The van der Waals surface area contributed by atoms with Crippen LogP contribution in [-0.2, 0) is 10.0 Å². The molecule has 0 spiro atoms. The first-order valence-corrected chi connectivity index (χ1v) is 17.5. The molecular weight excluding hydrogens is 610 g/mol. The number of halogens is 2.